The van der Waals surface area contributed by atoms with Gasteiger partial charge in [-0.05, 0) is 57.6 Å². The smallest absolute Gasteiger partial charge is 0.309 e. The molecule has 1 aromatic rings. The number of hydrogen-bond acceptors (Lipinski definition) is 5. The van der Waals surface area contributed by atoms with Crippen LogP contribution in [-0.4, -0.2) is 50.3 Å². The fourth-order valence-corrected chi connectivity index (χ4v) is 5.63. The molecule has 7 nitrogen and oxygen atoms in total. The lowest BCUT2D eigenvalue weighted by molar-refractivity contribution is -0.153. The van der Waals surface area contributed by atoms with Gasteiger partial charge in [0.2, 0.25) is 10.0 Å². The monoisotopic (exact) mass is 438 g/mol. The second-order valence-electron chi connectivity index (χ2n) is 8.61. The number of ether oxygens (including phenoxy) is 1. The Kier molecular flexibility index (Phi) is 8.05. The molecular weight excluding hydrogens is 404 g/mol. The van der Waals surface area contributed by atoms with Gasteiger partial charge in [-0.2, -0.15) is 4.31 Å². The molecule has 2 rings (SSSR count). The highest BCUT2D eigenvalue weighted by molar-refractivity contribution is 7.89. The van der Waals surface area contributed by atoms with E-state index in [0.29, 0.717) is 17.7 Å². The summed E-state index contributed by atoms with van der Waals surface area (Å²) in [6.45, 7) is 11.7. The summed E-state index contributed by atoms with van der Waals surface area (Å²) < 4.78 is 32.9. The van der Waals surface area contributed by atoms with Crippen molar-refractivity contribution in [3.05, 3.63) is 28.8 Å². The maximum Gasteiger partial charge on any atom is 0.309 e. The molecule has 0 bridgehead atoms. The Morgan fingerprint density at radius 2 is 1.63 bits per heavy atom. The van der Waals surface area contributed by atoms with Crippen LogP contribution in [0.1, 0.15) is 50.3 Å². The molecule has 8 heteroatoms. The summed E-state index contributed by atoms with van der Waals surface area (Å²) >= 11 is 0. The van der Waals surface area contributed by atoms with E-state index in [1.807, 2.05) is 53.7 Å². The van der Waals surface area contributed by atoms with Crippen molar-refractivity contribution >= 4 is 21.9 Å². The number of carbonyl (C=O) groups is 2. The lowest BCUT2D eigenvalue weighted by Crippen LogP contribution is -2.42. The van der Waals surface area contributed by atoms with Crippen molar-refractivity contribution in [2.24, 2.45) is 11.8 Å². The van der Waals surface area contributed by atoms with Crippen molar-refractivity contribution in [3.63, 3.8) is 0 Å². The molecular formula is C22H34N2O5S. The van der Waals surface area contributed by atoms with E-state index in [1.165, 1.54) is 4.31 Å². The second kappa shape index (κ2) is 9.92. The van der Waals surface area contributed by atoms with Crippen LogP contribution in [0, 0.1) is 32.6 Å². The van der Waals surface area contributed by atoms with Crippen LogP contribution in [0.4, 0.5) is 0 Å². The molecule has 1 N–H and O–H groups in total. The summed E-state index contributed by atoms with van der Waals surface area (Å²) in [6.07, 6.45) is 0.762. The lowest BCUT2D eigenvalue weighted by atomic mass is 9.98. The Balaban J connectivity index is 1.93. The quantitative estimate of drug-likeness (QED) is 0.661. The summed E-state index contributed by atoms with van der Waals surface area (Å²) in [5.74, 6) is -0.874. The van der Waals surface area contributed by atoms with Gasteiger partial charge in [0.05, 0.1) is 10.8 Å². The van der Waals surface area contributed by atoms with E-state index in [4.69, 9.17) is 4.74 Å². The van der Waals surface area contributed by atoms with Crippen molar-refractivity contribution in [2.45, 2.75) is 65.3 Å². The van der Waals surface area contributed by atoms with Gasteiger partial charge in [0.15, 0.2) is 6.61 Å². The van der Waals surface area contributed by atoms with Crippen LogP contribution < -0.4 is 5.32 Å². The van der Waals surface area contributed by atoms with E-state index < -0.39 is 21.9 Å². The number of hydrogen-bond donors (Lipinski definition) is 1. The van der Waals surface area contributed by atoms with E-state index >= 15 is 0 Å². The van der Waals surface area contributed by atoms with Crippen LogP contribution in [-0.2, 0) is 24.3 Å². The van der Waals surface area contributed by atoms with Crippen LogP contribution in [0.25, 0.3) is 0 Å². The number of benzene rings is 1. The first kappa shape index (κ1) is 24.3. The van der Waals surface area contributed by atoms with Crippen LogP contribution in [0.3, 0.4) is 0 Å². The van der Waals surface area contributed by atoms with Crippen LogP contribution in [0.15, 0.2) is 17.0 Å². The zero-order chi connectivity index (χ0) is 22.6. The molecule has 0 spiro atoms. The SMILES string of the molecule is Cc1cc(C)c(S(=O)(=O)N2CCC(C(=O)OCC(=O)NC(C)C(C)C)CC2)c(C)c1. The Labute approximate surface area is 180 Å². The van der Waals surface area contributed by atoms with E-state index in [-0.39, 0.29) is 37.6 Å². The predicted octanol–water partition coefficient (Wildman–Crippen LogP) is 2.72. The third-order valence-corrected chi connectivity index (χ3v) is 7.93. The number of nitrogens with one attached hydrogen (secondary N) is 1. The Hall–Kier alpha value is -1.93. The molecule has 1 saturated heterocycles. The molecule has 30 heavy (non-hydrogen) atoms. The van der Waals surface area contributed by atoms with Gasteiger partial charge >= 0.3 is 5.97 Å². The number of nitrogens with zero attached hydrogens (tertiary/aromatic N) is 1. The molecule has 1 heterocycles. The van der Waals surface area contributed by atoms with Gasteiger partial charge in [-0.3, -0.25) is 9.59 Å². The lowest BCUT2D eigenvalue weighted by Gasteiger charge is -2.31. The van der Waals surface area contributed by atoms with Crippen molar-refractivity contribution in [1.82, 2.24) is 9.62 Å². The highest BCUT2D eigenvalue weighted by Crippen LogP contribution is 2.29. The van der Waals surface area contributed by atoms with Gasteiger partial charge in [-0.25, -0.2) is 8.42 Å². The van der Waals surface area contributed by atoms with Crippen molar-refractivity contribution in [1.29, 1.82) is 0 Å². The molecule has 0 aliphatic carbocycles. The van der Waals surface area contributed by atoms with Crippen LogP contribution in [0.2, 0.25) is 0 Å². The maximum atomic E-state index is 13.1. The van der Waals surface area contributed by atoms with Gasteiger partial charge in [0.25, 0.3) is 5.91 Å². The first-order valence-corrected chi connectivity index (χ1v) is 11.9. The molecule has 1 amide bonds. The Morgan fingerprint density at radius 3 is 2.13 bits per heavy atom. The molecule has 1 unspecified atom stereocenters. The number of sulfonamides is 1. The van der Waals surface area contributed by atoms with Gasteiger partial charge in [-0.1, -0.05) is 31.5 Å². The van der Waals surface area contributed by atoms with Crippen molar-refractivity contribution < 1.29 is 22.7 Å². The predicted molar refractivity (Wildman–Crippen MR) is 116 cm³/mol. The average molecular weight is 439 g/mol. The standard InChI is InChI=1S/C22H34N2O5S/c1-14(2)18(6)23-20(25)13-29-22(26)19-7-9-24(10-8-19)30(27,28)21-16(4)11-15(3)12-17(21)5/h11-12,14,18-19H,7-10,13H2,1-6H3,(H,23,25). The minimum absolute atomic E-state index is 0.00154. The molecule has 1 aromatic carbocycles. The van der Waals surface area contributed by atoms with E-state index in [1.54, 1.807) is 0 Å². The highest BCUT2D eigenvalue weighted by atomic mass is 32.2. The first-order chi connectivity index (χ1) is 13.9. The number of aryl methyl sites for hydroxylation is 3. The minimum Gasteiger partial charge on any atom is -0.455 e. The van der Waals surface area contributed by atoms with E-state index in [2.05, 4.69) is 5.32 Å². The number of esters is 1. The fraction of sp³-hybridized carbons (Fsp3) is 0.636. The van der Waals surface area contributed by atoms with Gasteiger partial charge in [0.1, 0.15) is 0 Å². The second-order valence-corrected chi connectivity index (χ2v) is 10.5. The fourth-order valence-electron chi connectivity index (χ4n) is 3.75. The van der Waals surface area contributed by atoms with E-state index in [9.17, 15) is 18.0 Å². The van der Waals surface area contributed by atoms with Crippen LogP contribution >= 0.6 is 0 Å². The van der Waals surface area contributed by atoms with Gasteiger partial charge in [-0.15, -0.1) is 0 Å². The summed E-state index contributed by atoms with van der Waals surface area (Å²) in [5, 5.41) is 2.79. The number of amides is 1. The summed E-state index contributed by atoms with van der Waals surface area (Å²) in [4.78, 5) is 24.6. The van der Waals surface area contributed by atoms with E-state index in [0.717, 1.165) is 16.7 Å². The number of rotatable bonds is 7. The summed E-state index contributed by atoms with van der Waals surface area (Å²) in [5.41, 5.74) is 2.49. The Morgan fingerprint density at radius 1 is 1.10 bits per heavy atom. The molecule has 168 valence electrons. The first-order valence-electron chi connectivity index (χ1n) is 10.5. The molecule has 1 atom stereocenters. The third-order valence-electron chi connectivity index (χ3n) is 5.72. The molecule has 0 radical (unpaired) electrons. The largest absolute Gasteiger partial charge is 0.455 e. The average Bonchev–Trinajstić information content (AvgIpc) is 2.65. The molecule has 0 aromatic heterocycles. The topological polar surface area (TPSA) is 92.8 Å². The van der Waals surface area contributed by atoms with Crippen molar-refractivity contribution in [2.75, 3.05) is 19.7 Å². The number of carbonyl (C=O) groups excluding carboxylic acids is 2. The number of piperidine rings is 1. The van der Waals surface area contributed by atoms with Crippen molar-refractivity contribution in [3.8, 4) is 0 Å². The summed E-state index contributed by atoms with van der Waals surface area (Å²) in [6, 6.07) is 3.74. The van der Waals surface area contributed by atoms with Gasteiger partial charge in [0, 0.05) is 19.1 Å². The minimum atomic E-state index is -3.62. The zero-order valence-corrected chi connectivity index (χ0v) is 19.6. The molecule has 1 aliphatic heterocycles. The van der Waals surface area contributed by atoms with Crippen LogP contribution in [0.5, 0.6) is 0 Å². The maximum absolute atomic E-state index is 13.1. The Bertz CT molecular complexity index is 864. The summed E-state index contributed by atoms with van der Waals surface area (Å²) in [7, 11) is -3.62. The normalized spacial score (nSPS) is 17.0. The third kappa shape index (κ3) is 5.82. The zero-order valence-electron chi connectivity index (χ0n) is 18.8. The molecule has 1 aliphatic rings. The molecule has 0 saturated carbocycles. The highest BCUT2D eigenvalue weighted by Gasteiger charge is 2.34. The van der Waals surface area contributed by atoms with Gasteiger partial charge < -0.3 is 10.1 Å². The molecule has 1 fully saturated rings.